The highest BCUT2D eigenvalue weighted by Gasteiger charge is 2.34. The number of carbonyl (C=O) groups excluding carboxylic acids is 1. The lowest BCUT2D eigenvalue weighted by Gasteiger charge is -2.32. The van der Waals surface area contributed by atoms with Crippen molar-refractivity contribution in [1.82, 2.24) is 14.5 Å². The maximum atomic E-state index is 12.5. The molecule has 2 fully saturated rings. The van der Waals surface area contributed by atoms with Crippen LogP contribution in [0.3, 0.4) is 0 Å². The molecule has 2 heterocycles. The fraction of sp³-hybridized carbons (Fsp3) is 0.632. The van der Waals surface area contributed by atoms with E-state index in [1.165, 1.54) is 42.1 Å². The molecule has 2 aliphatic rings. The number of benzene rings is 1. The fourth-order valence-electron chi connectivity index (χ4n) is 3.83. The van der Waals surface area contributed by atoms with Gasteiger partial charge in [-0.2, -0.15) is 4.31 Å². The third-order valence-corrected chi connectivity index (χ3v) is 6.57. The maximum Gasteiger partial charge on any atom is 0.238 e. The van der Waals surface area contributed by atoms with Gasteiger partial charge in [0.15, 0.2) is 0 Å². The molecule has 2 aliphatic heterocycles. The lowest BCUT2D eigenvalue weighted by Crippen LogP contribution is -2.51. The quantitative estimate of drug-likeness (QED) is 0.817. The number of piperidine rings is 1. The van der Waals surface area contributed by atoms with Gasteiger partial charge in [-0.05, 0) is 49.9 Å². The van der Waals surface area contributed by atoms with Crippen LogP contribution >= 0.6 is 0 Å². The first-order chi connectivity index (χ1) is 12.4. The fourth-order valence-corrected chi connectivity index (χ4v) is 4.96. The topological polar surface area (TPSA) is 69.7 Å². The summed E-state index contributed by atoms with van der Waals surface area (Å²) >= 11 is 0. The van der Waals surface area contributed by atoms with Crippen molar-refractivity contribution in [2.75, 3.05) is 25.9 Å². The van der Waals surface area contributed by atoms with Crippen molar-refractivity contribution in [1.29, 1.82) is 0 Å². The van der Waals surface area contributed by atoms with Gasteiger partial charge in [0.1, 0.15) is 6.04 Å². The summed E-state index contributed by atoms with van der Waals surface area (Å²) in [5.74, 6) is -0.198. The summed E-state index contributed by atoms with van der Waals surface area (Å²) in [6, 6.07) is 7.74. The van der Waals surface area contributed by atoms with Crippen molar-refractivity contribution in [3.8, 4) is 0 Å². The van der Waals surface area contributed by atoms with Gasteiger partial charge in [0.2, 0.25) is 15.9 Å². The zero-order chi connectivity index (χ0) is 18.6. The minimum absolute atomic E-state index is 0.198. The molecule has 7 heteroatoms. The van der Waals surface area contributed by atoms with Crippen molar-refractivity contribution in [2.45, 2.75) is 51.2 Å². The Morgan fingerprint density at radius 2 is 1.65 bits per heavy atom. The van der Waals surface area contributed by atoms with Crippen LogP contribution in [0.4, 0.5) is 0 Å². The largest absolute Gasteiger partial charge is 0.351 e. The number of nitrogens with one attached hydrogen (secondary N) is 1. The zero-order valence-electron chi connectivity index (χ0n) is 15.5. The van der Waals surface area contributed by atoms with E-state index >= 15 is 0 Å². The van der Waals surface area contributed by atoms with E-state index in [9.17, 15) is 13.2 Å². The highest BCUT2D eigenvalue weighted by atomic mass is 32.2. The third-order valence-electron chi connectivity index (χ3n) is 5.28. The molecule has 1 amide bonds. The first kappa shape index (κ1) is 19.3. The minimum Gasteiger partial charge on any atom is -0.351 e. The van der Waals surface area contributed by atoms with Gasteiger partial charge >= 0.3 is 0 Å². The predicted octanol–water partition coefficient (Wildman–Crippen LogP) is 1.71. The molecule has 2 saturated heterocycles. The predicted molar refractivity (Wildman–Crippen MR) is 102 cm³/mol. The first-order valence-electron chi connectivity index (χ1n) is 9.48. The van der Waals surface area contributed by atoms with Crippen LogP contribution in [0, 0.1) is 0 Å². The number of sulfonamides is 1. The average Bonchev–Trinajstić information content (AvgIpc) is 3.13. The molecule has 144 valence electrons. The normalized spacial score (nSPS) is 22.4. The molecule has 0 aromatic heterocycles. The molecular formula is C19H29N3O3S. The number of rotatable bonds is 6. The van der Waals surface area contributed by atoms with Gasteiger partial charge in [-0.1, -0.05) is 30.7 Å². The summed E-state index contributed by atoms with van der Waals surface area (Å²) < 4.78 is 25.1. The van der Waals surface area contributed by atoms with E-state index < -0.39 is 16.1 Å². The van der Waals surface area contributed by atoms with E-state index in [2.05, 4.69) is 22.3 Å². The van der Waals surface area contributed by atoms with Gasteiger partial charge in [0, 0.05) is 19.6 Å². The molecule has 0 radical (unpaired) electrons. The molecule has 26 heavy (non-hydrogen) atoms. The summed E-state index contributed by atoms with van der Waals surface area (Å²) in [4.78, 5) is 15.0. The van der Waals surface area contributed by atoms with Crippen LogP contribution in [0.1, 0.15) is 43.2 Å². The number of nitrogens with zero attached hydrogens (tertiary/aromatic N) is 2. The van der Waals surface area contributed by atoms with Gasteiger partial charge in [0.25, 0.3) is 0 Å². The van der Waals surface area contributed by atoms with Crippen molar-refractivity contribution < 1.29 is 13.2 Å². The van der Waals surface area contributed by atoms with Crippen LogP contribution in [-0.2, 0) is 27.9 Å². The van der Waals surface area contributed by atoms with Gasteiger partial charge in [0.05, 0.1) is 6.26 Å². The highest BCUT2D eigenvalue weighted by Crippen LogP contribution is 2.20. The Morgan fingerprint density at radius 1 is 1.04 bits per heavy atom. The molecule has 0 aliphatic carbocycles. The van der Waals surface area contributed by atoms with Gasteiger partial charge in [-0.15, -0.1) is 0 Å². The van der Waals surface area contributed by atoms with Crippen molar-refractivity contribution in [2.24, 2.45) is 0 Å². The molecule has 0 bridgehead atoms. The van der Waals surface area contributed by atoms with E-state index in [4.69, 9.17) is 0 Å². The average molecular weight is 380 g/mol. The Balaban J connectivity index is 1.53. The number of carbonyl (C=O) groups is 1. The first-order valence-corrected chi connectivity index (χ1v) is 11.3. The monoisotopic (exact) mass is 379 g/mol. The number of hydrogen-bond donors (Lipinski definition) is 1. The van der Waals surface area contributed by atoms with Crippen molar-refractivity contribution in [3.63, 3.8) is 0 Å². The molecule has 1 aromatic rings. The second-order valence-corrected chi connectivity index (χ2v) is 9.34. The molecule has 1 atom stereocenters. The molecular weight excluding hydrogens is 350 g/mol. The van der Waals surface area contributed by atoms with Crippen molar-refractivity contribution >= 4 is 15.9 Å². The van der Waals surface area contributed by atoms with Crippen LogP contribution in [-0.4, -0.2) is 55.5 Å². The van der Waals surface area contributed by atoms with Crippen molar-refractivity contribution in [3.05, 3.63) is 35.4 Å². The zero-order valence-corrected chi connectivity index (χ0v) is 16.3. The lowest BCUT2D eigenvalue weighted by molar-refractivity contribution is -0.125. The number of amides is 1. The summed E-state index contributed by atoms with van der Waals surface area (Å²) in [7, 11) is -3.35. The maximum absolute atomic E-state index is 12.5. The third kappa shape index (κ3) is 5.05. The summed E-state index contributed by atoms with van der Waals surface area (Å²) in [5.41, 5.74) is 2.32. The minimum atomic E-state index is -3.35. The lowest BCUT2D eigenvalue weighted by atomic mass is 10.0. The highest BCUT2D eigenvalue weighted by molar-refractivity contribution is 7.88. The molecule has 1 N–H and O–H groups in total. The van der Waals surface area contributed by atoms with Gasteiger partial charge in [-0.3, -0.25) is 9.69 Å². The number of hydrogen-bond acceptors (Lipinski definition) is 4. The Hall–Kier alpha value is -1.44. The second kappa shape index (κ2) is 8.50. The van der Waals surface area contributed by atoms with E-state index in [-0.39, 0.29) is 5.91 Å². The van der Waals surface area contributed by atoms with Gasteiger partial charge in [-0.25, -0.2) is 8.42 Å². The van der Waals surface area contributed by atoms with Crippen LogP contribution < -0.4 is 5.32 Å². The van der Waals surface area contributed by atoms with E-state index in [1.54, 1.807) is 0 Å². The van der Waals surface area contributed by atoms with Crippen LogP contribution in [0.25, 0.3) is 0 Å². The second-order valence-electron chi connectivity index (χ2n) is 7.40. The van der Waals surface area contributed by atoms with Gasteiger partial charge < -0.3 is 5.32 Å². The summed E-state index contributed by atoms with van der Waals surface area (Å²) in [5, 5.41) is 2.91. The molecule has 0 spiro atoms. The summed E-state index contributed by atoms with van der Waals surface area (Å²) in [6.07, 6.45) is 6.04. The van der Waals surface area contributed by atoms with E-state index in [0.717, 1.165) is 24.9 Å². The molecule has 3 rings (SSSR count). The number of likely N-dealkylation sites (tertiary alicyclic amines) is 1. The molecule has 1 unspecified atom stereocenters. The van der Waals surface area contributed by atoms with Crippen LogP contribution in [0.15, 0.2) is 24.3 Å². The Bertz CT molecular complexity index is 712. The standard InChI is InChI=1S/C19H29N3O3S/c1-26(24,25)22-13-3-2-6-18(22)19(23)20-14-16-7-9-17(10-8-16)15-21-11-4-5-12-21/h7-10,18H,2-6,11-15H2,1H3,(H,20,23). The Labute approximate surface area is 156 Å². The summed E-state index contributed by atoms with van der Waals surface area (Å²) in [6.45, 7) is 4.20. The van der Waals surface area contributed by atoms with E-state index in [0.29, 0.717) is 19.5 Å². The van der Waals surface area contributed by atoms with Crippen LogP contribution in [0.5, 0.6) is 0 Å². The molecule has 6 nitrogen and oxygen atoms in total. The molecule has 0 saturated carbocycles. The van der Waals surface area contributed by atoms with Crippen LogP contribution in [0.2, 0.25) is 0 Å². The SMILES string of the molecule is CS(=O)(=O)N1CCCCC1C(=O)NCc1ccc(CN2CCCC2)cc1. The Kier molecular flexibility index (Phi) is 6.32. The Morgan fingerprint density at radius 3 is 2.31 bits per heavy atom. The van der Waals surface area contributed by atoms with E-state index in [1.807, 2.05) is 12.1 Å². The molecule has 1 aromatic carbocycles. The smallest absolute Gasteiger partial charge is 0.238 e.